The minimum absolute atomic E-state index is 0. The Balaban J connectivity index is 0.00000264. The van der Waals surface area contributed by atoms with Crippen LogP contribution in [-0.4, -0.2) is 46.9 Å². The van der Waals surface area contributed by atoms with Gasteiger partial charge in [0.1, 0.15) is 0 Å². The Morgan fingerprint density at radius 1 is 1.17 bits per heavy atom. The van der Waals surface area contributed by atoms with Gasteiger partial charge in [-0.2, -0.15) is 0 Å². The van der Waals surface area contributed by atoms with Crippen LogP contribution in [0.25, 0.3) is 0 Å². The van der Waals surface area contributed by atoms with Crippen LogP contribution in [0.5, 0.6) is 11.5 Å². The van der Waals surface area contributed by atoms with E-state index >= 15 is 0 Å². The van der Waals surface area contributed by atoms with Crippen LogP contribution in [0.3, 0.4) is 0 Å². The van der Waals surface area contributed by atoms with E-state index in [2.05, 4.69) is 10.6 Å². The molecular formula is C16H25ClN2O4. The van der Waals surface area contributed by atoms with Gasteiger partial charge in [-0.15, -0.1) is 12.4 Å². The molecule has 0 saturated carbocycles. The molecule has 2 N–H and O–H groups in total. The van der Waals surface area contributed by atoms with Gasteiger partial charge in [-0.05, 0) is 38.1 Å². The molecule has 0 atom stereocenters. The maximum atomic E-state index is 12.7. The number of carbonyl (C=O) groups is 1. The fourth-order valence-corrected chi connectivity index (χ4v) is 2.80. The van der Waals surface area contributed by atoms with Crippen molar-refractivity contribution in [2.75, 3.05) is 46.3 Å². The van der Waals surface area contributed by atoms with Crippen molar-refractivity contribution in [2.45, 2.75) is 12.8 Å². The lowest BCUT2D eigenvalue weighted by atomic mass is 9.78. The second kappa shape index (κ2) is 8.96. The van der Waals surface area contributed by atoms with E-state index in [9.17, 15) is 4.79 Å². The van der Waals surface area contributed by atoms with Crippen LogP contribution in [0.4, 0.5) is 5.69 Å². The summed E-state index contributed by atoms with van der Waals surface area (Å²) in [4.78, 5) is 12.7. The Hall–Kier alpha value is -1.50. The van der Waals surface area contributed by atoms with Gasteiger partial charge in [-0.25, -0.2) is 0 Å². The maximum Gasteiger partial charge on any atom is 0.233 e. The smallest absolute Gasteiger partial charge is 0.233 e. The summed E-state index contributed by atoms with van der Waals surface area (Å²) in [6.07, 6.45) is 1.53. The van der Waals surface area contributed by atoms with Crippen molar-refractivity contribution in [3.63, 3.8) is 0 Å². The summed E-state index contributed by atoms with van der Waals surface area (Å²) in [6.45, 7) is 2.07. The van der Waals surface area contributed by atoms with Crippen molar-refractivity contribution < 1.29 is 19.0 Å². The largest absolute Gasteiger partial charge is 0.493 e. The zero-order chi connectivity index (χ0) is 16.0. The number of halogens is 1. The number of anilines is 1. The minimum Gasteiger partial charge on any atom is -0.493 e. The molecule has 1 heterocycles. The molecule has 1 aromatic carbocycles. The first kappa shape index (κ1) is 19.5. The molecule has 1 fully saturated rings. The zero-order valence-electron chi connectivity index (χ0n) is 13.8. The van der Waals surface area contributed by atoms with E-state index in [4.69, 9.17) is 14.2 Å². The van der Waals surface area contributed by atoms with E-state index in [-0.39, 0.29) is 18.3 Å². The molecule has 1 amide bonds. The molecular weight excluding hydrogens is 320 g/mol. The molecule has 2 rings (SSSR count). The van der Waals surface area contributed by atoms with Crippen LogP contribution < -0.4 is 20.1 Å². The van der Waals surface area contributed by atoms with Crippen LogP contribution in [0.1, 0.15) is 12.8 Å². The Labute approximate surface area is 143 Å². The van der Waals surface area contributed by atoms with Crippen molar-refractivity contribution in [2.24, 2.45) is 5.41 Å². The molecule has 0 spiro atoms. The van der Waals surface area contributed by atoms with Gasteiger partial charge >= 0.3 is 0 Å². The highest BCUT2D eigenvalue weighted by Gasteiger charge is 2.39. The number of carbonyl (C=O) groups excluding carboxylic acids is 1. The number of piperidine rings is 1. The third-order valence-corrected chi connectivity index (χ3v) is 4.10. The van der Waals surface area contributed by atoms with Gasteiger partial charge in [0, 0.05) is 18.9 Å². The summed E-state index contributed by atoms with van der Waals surface area (Å²) in [5, 5.41) is 6.26. The molecule has 130 valence electrons. The van der Waals surface area contributed by atoms with Crippen LogP contribution in [0.2, 0.25) is 0 Å². The molecule has 23 heavy (non-hydrogen) atoms. The van der Waals surface area contributed by atoms with Crippen molar-refractivity contribution in [3.8, 4) is 11.5 Å². The molecule has 6 nitrogen and oxygen atoms in total. The Morgan fingerprint density at radius 3 is 2.39 bits per heavy atom. The summed E-state index contributed by atoms with van der Waals surface area (Å²) in [7, 11) is 4.79. The number of amides is 1. The lowest BCUT2D eigenvalue weighted by Crippen LogP contribution is -2.47. The monoisotopic (exact) mass is 344 g/mol. The fourth-order valence-electron chi connectivity index (χ4n) is 2.80. The molecule has 0 bridgehead atoms. The van der Waals surface area contributed by atoms with Crippen molar-refractivity contribution >= 4 is 24.0 Å². The number of ether oxygens (including phenoxy) is 3. The molecule has 0 aliphatic carbocycles. The molecule has 1 aliphatic rings. The SMILES string of the molecule is COCC1(C(=O)Nc2ccc(OC)c(OC)c2)CCNCC1.Cl. The van der Waals surface area contributed by atoms with Gasteiger partial charge in [0.05, 0.1) is 26.2 Å². The van der Waals surface area contributed by atoms with E-state index in [1.165, 1.54) is 0 Å². The average molecular weight is 345 g/mol. The Kier molecular flexibility index (Phi) is 7.61. The summed E-state index contributed by atoms with van der Waals surface area (Å²) in [5.74, 6) is 1.21. The molecule has 1 aromatic rings. The fraction of sp³-hybridized carbons (Fsp3) is 0.562. The third kappa shape index (κ3) is 4.50. The van der Waals surface area contributed by atoms with Gasteiger partial charge < -0.3 is 24.8 Å². The number of benzene rings is 1. The predicted molar refractivity (Wildman–Crippen MR) is 91.8 cm³/mol. The number of hydrogen-bond acceptors (Lipinski definition) is 5. The normalized spacial score (nSPS) is 16.1. The summed E-state index contributed by atoms with van der Waals surface area (Å²) in [6, 6.07) is 5.35. The van der Waals surface area contributed by atoms with Crippen LogP contribution in [0.15, 0.2) is 18.2 Å². The second-order valence-electron chi connectivity index (χ2n) is 5.49. The topological polar surface area (TPSA) is 68.8 Å². The number of methoxy groups -OCH3 is 3. The Morgan fingerprint density at radius 2 is 1.83 bits per heavy atom. The highest BCUT2D eigenvalue weighted by atomic mass is 35.5. The van der Waals surface area contributed by atoms with E-state index in [0.717, 1.165) is 25.9 Å². The van der Waals surface area contributed by atoms with Gasteiger partial charge in [0.2, 0.25) is 5.91 Å². The van der Waals surface area contributed by atoms with Gasteiger partial charge in [0.15, 0.2) is 11.5 Å². The summed E-state index contributed by atoms with van der Waals surface area (Å²) < 4.78 is 15.8. The summed E-state index contributed by atoms with van der Waals surface area (Å²) >= 11 is 0. The highest BCUT2D eigenvalue weighted by molar-refractivity contribution is 5.95. The lowest BCUT2D eigenvalue weighted by Gasteiger charge is -2.35. The molecule has 0 radical (unpaired) electrons. The quantitative estimate of drug-likeness (QED) is 0.827. The first-order chi connectivity index (χ1) is 10.6. The number of nitrogens with one attached hydrogen (secondary N) is 2. The first-order valence-corrected chi connectivity index (χ1v) is 7.38. The summed E-state index contributed by atoms with van der Waals surface area (Å²) in [5.41, 5.74) is 0.212. The number of rotatable bonds is 6. The van der Waals surface area contributed by atoms with E-state index in [1.54, 1.807) is 39.5 Å². The highest BCUT2D eigenvalue weighted by Crippen LogP contribution is 2.33. The van der Waals surface area contributed by atoms with Crippen molar-refractivity contribution in [1.82, 2.24) is 5.32 Å². The second-order valence-corrected chi connectivity index (χ2v) is 5.49. The molecule has 0 aromatic heterocycles. The van der Waals surface area contributed by atoms with Gasteiger partial charge in [-0.3, -0.25) is 4.79 Å². The predicted octanol–water partition coefficient (Wildman–Crippen LogP) is 2.08. The van der Waals surface area contributed by atoms with E-state index < -0.39 is 5.41 Å². The van der Waals surface area contributed by atoms with E-state index in [0.29, 0.717) is 23.8 Å². The lowest BCUT2D eigenvalue weighted by molar-refractivity contribution is -0.130. The van der Waals surface area contributed by atoms with Crippen molar-refractivity contribution in [3.05, 3.63) is 18.2 Å². The molecule has 0 unspecified atom stereocenters. The first-order valence-electron chi connectivity index (χ1n) is 7.38. The minimum atomic E-state index is -0.479. The number of hydrogen-bond donors (Lipinski definition) is 2. The van der Waals surface area contributed by atoms with Gasteiger partial charge in [-0.1, -0.05) is 0 Å². The Bertz CT molecular complexity index is 513. The van der Waals surface area contributed by atoms with E-state index in [1.807, 2.05) is 0 Å². The molecule has 1 saturated heterocycles. The van der Waals surface area contributed by atoms with Crippen LogP contribution >= 0.6 is 12.4 Å². The van der Waals surface area contributed by atoms with Crippen LogP contribution in [-0.2, 0) is 9.53 Å². The van der Waals surface area contributed by atoms with Gasteiger partial charge in [0.25, 0.3) is 0 Å². The standard InChI is InChI=1S/C16H24N2O4.ClH/c1-20-11-16(6-8-17-9-7-16)15(19)18-12-4-5-13(21-2)14(10-12)22-3;/h4-5,10,17H,6-9,11H2,1-3H3,(H,18,19);1H. The maximum absolute atomic E-state index is 12.7. The zero-order valence-corrected chi connectivity index (χ0v) is 14.6. The average Bonchev–Trinajstić information content (AvgIpc) is 2.55. The third-order valence-electron chi connectivity index (χ3n) is 4.10. The van der Waals surface area contributed by atoms with Crippen molar-refractivity contribution in [1.29, 1.82) is 0 Å². The van der Waals surface area contributed by atoms with Crippen LogP contribution in [0, 0.1) is 5.41 Å². The molecule has 1 aliphatic heterocycles. The molecule has 7 heteroatoms.